The zero-order valence-corrected chi connectivity index (χ0v) is 13.4. The van der Waals surface area contributed by atoms with Gasteiger partial charge in [0.1, 0.15) is 11.5 Å². The SMILES string of the molecule is CS(=O)(=O)O.CS(=O)(=O)O.Nc1c(N)n2n(c1=O)CC(O)C2. The Labute approximate surface area is 126 Å². The Bertz CT molecular complexity index is 730. The predicted molar refractivity (Wildman–Crippen MR) is 78.5 cm³/mol. The van der Waals surface area contributed by atoms with Crippen LogP contribution in [0.25, 0.3) is 0 Å². The quantitative estimate of drug-likeness (QED) is 0.299. The summed E-state index contributed by atoms with van der Waals surface area (Å²) in [6, 6.07) is 0. The van der Waals surface area contributed by atoms with Crippen molar-refractivity contribution in [3.63, 3.8) is 0 Å². The molecular weight excluding hydrogens is 344 g/mol. The molecule has 0 amide bonds. The molecule has 130 valence electrons. The standard InChI is InChI=1S/C6H10N4O2.2CH4O3S/c7-4-5(8)9-1-3(11)2-10(9)6(4)12;2*1-5(2,3)4/h3,11H,1-2,7-8H2;2*1H3,(H,2,3,4). The topological polar surface area (TPSA) is 208 Å². The molecule has 1 aliphatic rings. The Morgan fingerprint density at radius 3 is 1.64 bits per heavy atom. The molecule has 0 bridgehead atoms. The van der Waals surface area contributed by atoms with Gasteiger partial charge in [0.05, 0.1) is 31.7 Å². The van der Waals surface area contributed by atoms with Crippen LogP contribution in [0.15, 0.2) is 4.79 Å². The summed E-state index contributed by atoms with van der Waals surface area (Å²) in [5.74, 6) is 0.247. The maximum absolute atomic E-state index is 11.3. The van der Waals surface area contributed by atoms with E-state index in [-0.39, 0.29) is 23.6 Å². The molecule has 0 saturated heterocycles. The number of nitrogens with zero attached hydrogens (tertiary/aromatic N) is 2. The third-order valence-corrected chi connectivity index (χ3v) is 2.08. The van der Waals surface area contributed by atoms with Crippen LogP contribution < -0.4 is 17.0 Å². The Morgan fingerprint density at radius 1 is 1.00 bits per heavy atom. The molecule has 0 fully saturated rings. The van der Waals surface area contributed by atoms with E-state index in [0.717, 1.165) is 0 Å². The summed E-state index contributed by atoms with van der Waals surface area (Å²) in [6.07, 6.45) is 0.903. The molecule has 2 rings (SSSR count). The molecule has 0 saturated carbocycles. The molecule has 0 spiro atoms. The van der Waals surface area contributed by atoms with Crippen molar-refractivity contribution in [3.05, 3.63) is 10.4 Å². The first-order chi connectivity index (χ1) is 9.61. The van der Waals surface area contributed by atoms with Gasteiger partial charge in [-0.2, -0.15) is 16.8 Å². The number of hydrogen-bond donors (Lipinski definition) is 5. The summed E-state index contributed by atoms with van der Waals surface area (Å²) in [7, 11) is -7.33. The normalized spacial score (nSPS) is 16.9. The molecule has 1 unspecified atom stereocenters. The average molecular weight is 362 g/mol. The van der Waals surface area contributed by atoms with Gasteiger partial charge in [-0.1, -0.05) is 0 Å². The minimum atomic E-state index is -3.67. The van der Waals surface area contributed by atoms with Crippen molar-refractivity contribution in [1.29, 1.82) is 0 Å². The van der Waals surface area contributed by atoms with Gasteiger partial charge < -0.3 is 16.6 Å². The third-order valence-electron chi connectivity index (χ3n) is 2.08. The van der Waals surface area contributed by atoms with Crippen molar-refractivity contribution < 1.29 is 31.0 Å². The minimum absolute atomic E-state index is 0.0712. The van der Waals surface area contributed by atoms with E-state index >= 15 is 0 Å². The van der Waals surface area contributed by atoms with Gasteiger partial charge in [-0.15, -0.1) is 0 Å². The largest absolute Gasteiger partial charge is 0.391 e. The third kappa shape index (κ3) is 7.99. The van der Waals surface area contributed by atoms with E-state index in [9.17, 15) is 26.7 Å². The number of fused-ring (bicyclic) bond motifs is 1. The fourth-order valence-electron chi connectivity index (χ4n) is 1.46. The van der Waals surface area contributed by atoms with Crippen LogP contribution in [0.1, 0.15) is 0 Å². The molecule has 0 radical (unpaired) electrons. The van der Waals surface area contributed by atoms with E-state index in [2.05, 4.69) is 0 Å². The zero-order valence-electron chi connectivity index (χ0n) is 11.7. The summed E-state index contributed by atoms with van der Waals surface area (Å²) >= 11 is 0. The fourth-order valence-corrected chi connectivity index (χ4v) is 1.46. The molecule has 12 nitrogen and oxygen atoms in total. The molecule has 7 N–H and O–H groups in total. The second-order valence-corrected chi connectivity index (χ2v) is 7.32. The summed E-state index contributed by atoms with van der Waals surface area (Å²) in [6.45, 7) is 0.624. The zero-order chi connectivity index (χ0) is 17.9. The number of nitrogen functional groups attached to an aromatic ring is 2. The highest BCUT2D eigenvalue weighted by molar-refractivity contribution is 7.85. The van der Waals surface area contributed by atoms with Gasteiger partial charge in [-0.3, -0.25) is 18.6 Å². The first-order valence-electron chi connectivity index (χ1n) is 5.48. The van der Waals surface area contributed by atoms with E-state index in [0.29, 0.717) is 19.1 Å². The fraction of sp³-hybridized carbons (Fsp3) is 0.625. The molecular formula is C8H18N4O8S2. The highest BCUT2D eigenvalue weighted by Gasteiger charge is 2.24. The number of aliphatic hydroxyl groups excluding tert-OH is 1. The number of nitrogens with two attached hydrogens (primary N) is 2. The van der Waals surface area contributed by atoms with E-state index in [1.165, 1.54) is 9.36 Å². The van der Waals surface area contributed by atoms with Gasteiger partial charge in [0.15, 0.2) is 0 Å². The van der Waals surface area contributed by atoms with E-state index < -0.39 is 26.3 Å². The van der Waals surface area contributed by atoms with E-state index in [1.807, 2.05) is 0 Å². The van der Waals surface area contributed by atoms with Crippen molar-refractivity contribution >= 4 is 31.7 Å². The van der Waals surface area contributed by atoms with Gasteiger partial charge in [0, 0.05) is 0 Å². The molecule has 1 atom stereocenters. The van der Waals surface area contributed by atoms with Crippen LogP contribution in [-0.2, 0) is 33.3 Å². The van der Waals surface area contributed by atoms with Crippen LogP contribution in [0, 0.1) is 0 Å². The molecule has 0 aromatic carbocycles. The van der Waals surface area contributed by atoms with Crippen LogP contribution >= 0.6 is 0 Å². The van der Waals surface area contributed by atoms with Crippen molar-refractivity contribution in [2.24, 2.45) is 0 Å². The highest BCUT2D eigenvalue weighted by Crippen LogP contribution is 2.16. The summed E-state index contributed by atoms with van der Waals surface area (Å²) in [5.41, 5.74) is 10.7. The second kappa shape index (κ2) is 7.10. The molecule has 2 heterocycles. The Morgan fingerprint density at radius 2 is 1.32 bits per heavy atom. The Hall–Kier alpha value is -1.61. The van der Waals surface area contributed by atoms with E-state index in [4.69, 9.17) is 20.6 Å². The lowest BCUT2D eigenvalue weighted by atomic mass is 10.4. The number of hydrogen-bond acceptors (Lipinski definition) is 8. The Kier molecular flexibility index (Phi) is 6.58. The van der Waals surface area contributed by atoms with Crippen molar-refractivity contribution in [2.45, 2.75) is 19.2 Å². The predicted octanol–water partition coefficient (Wildman–Crippen LogP) is -2.80. The monoisotopic (exact) mass is 362 g/mol. The maximum atomic E-state index is 11.3. The highest BCUT2D eigenvalue weighted by atomic mass is 32.2. The molecule has 0 aliphatic carbocycles. The molecule has 1 aromatic rings. The van der Waals surface area contributed by atoms with Gasteiger partial charge >= 0.3 is 0 Å². The van der Waals surface area contributed by atoms with E-state index in [1.54, 1.807) is 0 Å². The number of aromatic nitrogens is 2. The number of aliphatic hydroxyl groups is 1. The van der Waals surface area contributed by atoms with Crippen molar-refractivity contribution in [3.8, 4) is 0 Å². The van der Waals surface area contributed by atoms with Gasteiger partial charge in [0.2, 0.25) is 0 Å². The first kappa shape index (κ1) is 20.4. The molecule has 22 heavy (non-hydrogen) atoms. The molecule has 14 heteroatoms. The van der Waals surface area contributed by atoms with Crippen LogP contribution in [0.4, 0.5) is 11.5 Å². The van der Waals surface area contributed by atoms with Gasteiger partial charge in [0.25, 0.3) is 25.8 Å². The van der Waals surface area contributed by atoms with Gasteiger partial charge in [-0.25, -0.2) is 4.68 Å². The Balaban J connectivity index is 0.000000372. The summed E-state index contributed by atoms with van der Waals surface area (Å²) < 4.78 is 54.6. The lowest BCUT2D eigenvalue weighted by molar-refractivity contribution is 0.170. The number of anilines is 2. The lowest BCUT2D eigenvalue weighted by Gasteiger charge is -1.99. The number of rotatable bonds is 0. The average Bonchev–Trinajstić information content (AvgIpc) is 2.70. The van der Waals surface area contributed by atoms with Crippen LogP contribution in [0.5, 0.6) is 0 Å². The van der Waals surface area contributed by atoms with Crippen molar-refractivity contribution in [2.75, 3.05) is 24.0 Å². The first-order valence-corrected chi connectivity index (χ1v) is 9.18. The van der Waals surface area contributed by atoms with Crippen LogP contribution in [-0.4, -0.2) is 59.0 Å². The smallest absolute Gasteiger partial charge is 0.292 e. The van der Waals surface area contributed by atoms with Crippen molar-refractivity contribution in [1.82, 2.24) is 9.36 Å². The second-order valence-electron chi connectivity index (χ2n) is 4.39. The maximum Gasteiger partial charge on any atom is 0.292 e. The lowest BCUT2D eigenvalue weighted by Crippen LogP contribution is -2.20. The molecule has 1 aliphatic heterocycles. The summed E-state index contributed by atoms with van der Waals surface area (Å²) in [4.78, 5) is 11.3. The summed E-state index contributed by atoms with van der Waals surface area (Å²) in [5, 5.41) is 9.20. The van der Waals surface area contributed by atoms with Crippen LogP contribution in [0.3, 0.4) is 0 Å². The van der Waals surface area contributed by atoms with Gasteiger partial charge in [-0.05, 0) is 0 Å². The minimum Gasteiger partial charge on any atom is -0.391 e. The molecule has 1 aromatic heterocycles. The van der Waals surface area contributed by atoms with Crippen LogP contribution in [0.2, 0.25) is 0 Å².